The smallest absolute Gasteiger partial charge is 0.413 e. The van der Waals surface area contributed by atoms with E-state index in [0.29, 0.717) is 5.82 Å². The molecule has 1 aromatic heterocycles. The summed E-state index contributed by atoms with van der Waals surface area (Å²) < 4.78 is 5.93. The lowest BCUT2D eigenvalue weighted by Crippen LogP contribution is -2.27. The minimum atomic E-state index is -0.506. The molecule has 0 saturated heterocycles. The molecule has 0 atom stereocenters. The van der Waals surface area contributed by atoms with Gasteiger partial charge in [-0.25, -0.2) is 9.78 Å². The summed E-state index contributed by atoms with van der Waals surface area (Å²) in [5, 5.41) is 2.54. The molecule has 4 nitrogen and oxygen atoms in total. The molecule has 0 aliphatic rings. The number of aromatic nitrogens is 1. The highest BCUT2D eigenvalue weighted by Crippen LogP contribution is 2.14. The Balaban J connectivity index is 0.00000121. The molecule has 5 heteroatoms. The van der Waals surface area contributed by atoms with Crippen molar-refractivity contribution in [3.05, 3.63) is 22.8 Å². The van der Waals surface area contributed by atoms with E-state index in [1.807, 2.05) is 13.8 Å². The molecule has 0 fully saturated rings. The third-order valence-corrected chi connectivity index (χ3v) is 1.84. The number of halogens is 1. The van der Waals surface area contributed by atoms with E-state index in [4.69, 9.17) is 4.74 Å². The molecule has 1 heterocycles. The number of ether oxygens (including phenoxy) is 1. The maximum atomic E-state index is 11.4. The van der Waals surface area contributed by atoms with Crippen LogP contribution < -0.4 is 5.32 Å². The first-order valence-corrected chi connectivity index (χ1v) is 6.28. The summed E-state index contributed by atoms with van der Waals surface area (Å²) in [4.78, 5) is 15.3. The van der Waals surface area contributed by atoms with Gasteiger partial charge in [0.2, 0.25) is 0 Å². The lowest BCUT2D eigenvalue weighted by atomic mass is 10.2. The van der Waals surface area contributed by atoms with E-state index in [-0.39, 0.29) is 0 Å². The maximum absolute atomic E-state index is 11.4. The Hall–Kier alpha value is -1.10. The molecule has 0 spiro atoms. The van der Waals surface area contributed by atoms with E-state index < -0.39 is 11.7 Å². The van der Waals surface area contributed by atoms with E-state index in [1.165, 1.54) is 0 Å². The number of rotatable bonds is 1. The molecule has 0 saturated carbocycles. The van der Waals surface area contributed by atoms with Gasteiger partial charge in [0, 0.05) is 10.7 Å². The van der Waals surface area contributed by atoms with Gasteiger partial charge in [-0.1, -0.05) is 29.8 Å². The molecule has 1 rings (SSSR count). The van der Waals surface area contributed by atoms with Crippen LogP contribution in [0, 0.1) is 0 Å². The zero-order valence-corrected chi connectivity index (χ0v) is 12.5. The molecular weight excluding hydrogens is 284 g/mol. The first-order valence-electron chi connectivity index (χ1n) is 5.48. The quantitative estimate of drug-likeness (QED) is 0.845. The standard InChI is InChI=1S/C10H13BrN2O2.C2H6/c1-10(2,3)15-9(14)13-8-6-7(11)4-5-12-8;1-2/h4-6H,1-3H3,(H,12,13,14);1-2H3. The van der Waals surface area contributed by atoms with Crippen molar-refractivity contribution in [1.82, 2.24) is 4.98 Å². The van der Waals surface area contributed by atoms with E-state index in [9.17, 15) is 4.79 Å². The van der Waals surface area contributed by atoms with Gasteiger partial charge in [-0.3, -0.25) is 5.32 Å². The van der Waals surface area contributed by atoms with Crippen LogP contribution in [-0.4, -0.2) is 16.7 Å². The van der Waals surface area contributed by atoms with Crippen molar-refractivity contribution >= 4 is 27.8 Å². The van der Waals surface area contributed by atoms with Gasteiger partial charge in [0.15, 0.2) is 0 Å². The minimum Gasteiger partial charge on any atom is -0.444 e. The van der Waals surface area contributed by atoms with Crippen molar-refractivity contribution in [1.29, 1.82) is 0 Å². The second kappa shape index (κ2) is 7.27. The molecule has 0 aliphatic carbocycles. The van der Waals surface area contributed by atoms with Gasteiger partial charge in [-0.05, 0) is 32.9 Å². The number of pyridine rings is 1. The number of hydrogen-bond donors (Lipinski definition) is 1. The summed E-state index contributed by atoms with van der Waals surface area (Å²) >= 11 is 3.28. The van der Waals surface area contributed by atoms with Crippen LogP contribution in [0.1, 0.15) is 34.6 Å². The molecule has 0 aliphatic heterocycles. The van der Waals surface area contributed by atoms with Crippen LogP contribution in [0.15, 0.2) is 22.8 Å². The Morgan fingerprint density at radius 3 is 2.47 bits per heavy atom. The molecular formula is C12H19BrN2O2. The SMILES string of the molecule is CC.CC(C)(C)OC(=O)Nc1cc(Br)ccn1. The predicted molar refractivity (Wildman–Crippen MR) is 73.1 cm³/mol. The van der Waals surface area contributed by atoms with Crippen molar-refractivity contribution in [2.45, 2.75) is 40.2 Å². The van der Waals surface area contributed by atoms with Crippen molar-refractivity contribution in [3.8, 4) is 0 Å². The van der Waals surface area contributed by atoms with Gasteiger partial charge in [-0.15, -0.1) is 0 Å². The highest BCUT2D eigenvalue weighted by Gasteiger charge is 2.16. The minimum absolute atomic E-state index is 0.457. The van der Waals surface area contributed by atoms with Gasteiger partial charge in [0.05, 0.1) is 0 Å². The summed E-state index contributed by atoms with van der Waals surface area (Å²) in [5.74, 6) is 0.457. The Morgan fingerprint density at radius 1 is 1.41 bits per heavy atom. The summed E-state index contributed by atoms with van der Waals surface area (Å²) in [6.45, 7) is 9.42. The van der Waals surface area contributed by atoms with Gasteiger partial charge in [0.1, 0.15) is 11.4 Å². The maximum Gasteiger partial charge on any atom is 0.413 e. The van der Waals surface area contributed by atoms with Crippen molar-refractivity contribution < 1.29 is 9.53 Å². The Labute approximate surface area is 111 Å². The van der Waals surface area contributed by atoms with Crippen LogP contribution in [-0.2, 0) is 4.74 Å². The molecule has 0 aromatic carbocycles. The fourth-order valence-electron chi connectivity index (χ4n) is 0.881. The fraction of sp³-hybridized carbons (Fsp3) is 0.500. The first-order chi connectivity index (χ1) is 7.87. The molecule has 1 N–H and O–H groups in total. The Kier molecular flexibility index (Phi) is 6.80. The van der Waals surface area contributed by atoms with E-state index in [0.717, 1.165) is 4.47 Å². The molecule has 17 heavy (non-hydrogen) atoms. The fourth-order valence-corrected chi connectivity index (χ4v) is 1.22. The number of anilines is 1. The average Bonchev–Trinajstić information content (AvgIpc) is 2.17. The molecule has 96 valence electrons. The van der Waals surface area contributed by atoms with Gasteiger partial charge >= 0.3 is 6.09 Å². The van der Waals surface area contributed by atoms with E-state index in [2.05, 4.69) is 26.2 Å². The number of nitrogens with zero attached hydrogens (tertiary/aromatic N) is 1. The molecule has 0 radical (unpaired) electrons. The Bertz CT molecular complexity index is 362. The van der Waals surface area contributed by atoms with E-state index >= 15 is 0 Å². The molecule has 1 aromatic rings. The first kappa shape index (κ1) is 15.9. The van der Waals surface area contributed by atoms with Crippen LogP contribution in [0.25, 0.3) is 0 Å². The number of nitrogens with one attached hydrogen (secondary N) is 1. The topological polar surface area (TPSA) is 51.2 Å². The summed E-state index contributed by atoms with van der Waals surface area (Å²) in [7, 11) is 0. The number of carbonyl (C=O) groups excluding carboxylic acids is 1. The third-order valence-electron chi connectivity index (χ3n) is 1.35. The number of hydrogen-bond acceptors (Lipinski definition) is 3. The predicted octanol–water partition coefficient (Wildman–Crippen LogP) is 4.22. The van der Waals surface area contributed by atoms with Crippen molar-refractivity contribution in [3.63, 3.8) is 0 Å². The van der Waals surface area contributed by atoms with Crippen LogP contribution in [0.2, 0.25) is 0 Å². The number of amides is 1. The van der Waals surface area contributed by atoms with Crippen LogP contribution in [0.4, 0.5) is 10.6 Å². The third kappa shape index (κ3) is 7.74. The summed E-state index contributed by atoms with van der Waals surface area (Å²) in [6.07, 6.45) is 1.09. The van der Waals surface area contributed by atoms with Crippen molar-refractivity contribution in [2.75, 3.05) is 5.32 Å². The zero-order valence-electron chi connectivity index (χ0n) is 10.9. The lowest BCUT2D eigenvalue weighted by molar-refractivity contribution is 0.0635. The highest BCUT2D eigenvalue weighted by molar-refractivity contribution is 9.10. The van der Waals surface area contributed by atoms with Crippen LogP contribution >= 0.6 is 15.9 Å². The molecule has 0 unspecified atom stereocenters. The Morgan fingerprint density at radius 2 is 2.00 bits per heavy atom. The second-order valence-electron chi connectivity index (χ2n) is 3.99. The summed E-state index contributed by atoms with van der Waals surface area (Å²) in [5.41, 5.74) is -0.504. The monoisotopic (exact) mass is 302 g/mol. The van der Waals surface area contributed by atoms with Crippen molar-refractivity contribution in [2.24, 2.45) is 0 Å². The molecule has 0 bridgehead atoms. The lowest BCUT2D eigenvalue weighted by Gasteiger charge is -2.19. The van der Waals surface area contributed by atoms with Crippen LogP contribution in [0.5, 0.6) is 0 Å². The average molecular weight is 303 g/mol. The van der Waals surface area contributed by atoms with E-state index in [1.54, 1.807) is 39.1 Å². The summed E-state index contributed by atoms with van der Waals surface area (Å²) in [6, 6.07) is 3.48. The number of carbonyl (C=O) groups is 1. The van der Waals surface area contributed by atoms with Crippen LogP contribution in [0.3, 0.4) is 0 Å². The highest BCUT2D eigenvalue weighted by atomic mass is 79.9. The van der Waals surface area contributed by atoms with Gasteiger partial charge in [0.25, 0.3) is 0 Å². The molecule has 1 amide bonds. The zero-order chi connectivity index (χ0) is 13.5. The largest absolute Gasteiger partial charge is 0.444 e. The normalized spacial score (nSPS) is 10.0. The van der Waals surface area contributed by atoms with Gasteiger partial charge < -0.3 is 4.74 Å². The van der Waals surface area contributed by atoms with Gasteiger partial charge in [-0.2, -0.15) is 0 Å². The second-order valence-corrected chi connectivity index (χ2v) is 4.90.